The fourth-order valence-electron chi connectivity index (χ4n) is 3.47. The first-order valence-electron chi connectivity index (χ1n) is 8.75. The highest BCUT2D eigenvalue weighted by atomic mass is 32.2. The molecule has 2 N–H and O–H groups in total. The van der Waals surface area contributed by atoms with Gasteiger partial charge < -0.3 is 14.2 Å². The number of amides is 1. The summed E-state index contributed by atoms with van der Waals surface area (Å²) in [5.74, 6) is 0. The number of carboxylic acid groups (broad SMARTS) is 1. The van der Waals surface area contributed by atoms with E-state index >= 15 is 0 Å². The zero-order valence-corrected chi connectivity index (χ0v) is 16.6. The van der Waals surface area contributed by atoms with Crippen molar-refractivity contribution in [2.45, 2.75) is 11.4 Å². The Hall–Kier alpha value is -3.30. The Kier molecular flexibility index (Phi) is 4.77. The van der Waals surface area contributed by atoms with Crippen molar-refractivity contribution in [3.8, 4) is 0 Å². The number of carbonyl (C=O) groups is 1. The number of fused-ring (bicyclic) bond motifs is 3. The van der Waals surface area contributed by atoms with Crippen LogP contribution in [0.25, 0.3) is 21.8 Å². The first kappa shape index (κ1) is 19.0. The largest absolute Gasteiger partial charge is 0.612 e. The number of rotatable bonds is 4. The van der Waals surface area contributed by atoms with Gasteiger partial charge in [0.25, 0.3) is 5.56 Å². The van der Waals surface area contributed by atoms with Gasteiger partial charge in [-0.05, 0) is 41.0 Å². The second-order valence-corrected chi connectivity index (χ2v) is 8.07. The van der Waals surface area contributed by atoms with E-state index in [1.54, 1.807) is 54.4 Å². The standard InChI is InChI=1S/C20H18N4O4S/c1-23-17-9-14(29(2)28)6-7-15(17)16-10-21-24(19(25)18(16)23)11-12-4-3-5-13(8-12)22-20(26)27/h3-10,22H,11H2,1-2H3,(H,26,27). The van der Waals surface area contributed by atoms with Gasteiger partial charge in [0.1, 0.15) is 11.8 Å². The van der Waals surface area contributed by atoms with Crippen molar-refractivity contribution in [1.82, 2.24) is 14.3 Å². The molecule has 4 rings (SSSR count). The number of nitrogens with one attached hydrogen (secondary N) is 1. The number of anilines is 1. The average Bonchev–Trinajstić information content (AvgIpc) is 2.96. The predicted molar refractivity (Wildman–Crippen MR) is 112 cm³/mol. The molecule has 0 aliphatic rings. The van der Waals surface area contributed by atoms with Crippen LogP contribution in [0.2, 0.25) is 0 Å². The molecule has 1 unspecified atom stereocenters. The van der Waals surface area contributed by atoms with Gasteiger partial charge in [-0.1, -0.05) is 12.1 Å². The van der Waals surface area contributed by atoms with Gasteiger partial charge in [-0.15, -0.1) is 0 Å². The first-order chi connectivity index (χ1) is 13.8. The van der Waals surface area contributed by atoms with Crippen molar-refractivity contribution >= 4 is 44.8 Å². The zero-order valence-electron chi connectivity index (χ0n) is 15.7. The van der Waals surface area contributed by atoms with E-state index in [2.05, 4.69) is 10.4 Å². The molecule has 0 saturated carbocycles. The molecule has 2 aromatic heterocycles. The van der Waals surface area contributed by atoms with E-state index in [9.17, 15) is 14.1 Å². The lowest BCUT2D eigenvalue weighted by molar-refractivity contribution is 0.209. The van der Waals surface area contributed by atoms with Crippen LogP contribution in [-0.2, 0) is 24.8 Å². The van der Waals surface area contributed by atoms with Crippen LogP contribution < -0.4 is 10.9 Å². The normalized spacial score (nSPS) is 12.4. The van der Waals surface area contributed by atoms with Crippen molar-refractivity contribution in [3.63, 3.8) is 0 Å². The lowest BCUT2D eigenvalue weighted by Crippen LogP contribution is -2.24. The summed E-state index contributed by atoms with van der Waals surface area (Å²) < 4.78 is 15.0. The Morgan fingerprint density at radius 1 is 1.24 bits per heavy atom. The summed E-state index contributed by atoms with van der Waals surface area (Å²) in [6.45, 7) is 0.204. The van der Waals surface area contributed by atoms with Crippen molar-refractivity contribution < 1.29 is 14.5 Å². The molecule has 0 aliphatic heterocycles. The molecule has 4 aromatic rings. The van der Waals surface area contributed by atoms with Crippen molar-refractivity contribution in [2.24, 2.45) is 7.05 Å². The van der Waals surface area contributed by atoms with E-state index in [1.165, 1.54) is 4.68 Å². The molecule has 8 nitrogen and oxygen atoms in total. The number of aryl methyl sites for hydroxylation is 1. The van der Waals surface area contributed by atoms with E-state index in [-0.39, 0.29) is 12.1 Å². The molecule has 0 aliphatic carbocycles. The third-order valence-corrected chi connectivity index (χ3v) is 5.73. The molecule has 9 heteroatoms. The predicted octanol–water partition coefficient (Wildman–Crippen LogP) is 2.76. The molecular formula is C20H18N4O4S. The molecule has 1 atom stereocenters. The fourth-order valence-corrected chi connectivity index (χ4v) is 4.01. The van der Waals surface area contributed by atoms with Gasteiger partial charge in [-0.2, -0.15) is 5.10 Å². The highest BCUT2D eigenvalue weighted by Gasteiger charge is 2.16. The molecule has 2 heterocycles. The number of nitrogens with zero attached hydrogens (tertiary/aromatic N) is 3. The summed E-state index contributed by atoms with van der Waals surface area (Å²) in [5.41, 5.74) is 2.24. The topological polar surface area (TPSA) is 112 Å². The Bertz CT molecular complexity index is 1310. The number of hydrogen-bond donors (Lipinski definition) is 2. The minimum Gasteiger partial charge on any atom is -0.612 e. The van der Waals surface area contributed by atoms with Crippen LogP contribution in [0.1, 0.15) is 5.56 Å². The van der Waals surface area contributed by atoms with Crippen molar-refractivity contribution in [2.75, 3.05) is 11.6 Å². The lowest BCUT2D eigenvalue weighted by Gasteiger charge is -2.07. The second kappa shape index (κ2) is 7.26. The van der Waals surface area contributed by atoms with E-state index < -0.39 is 17.3 Å². The first-order valence-corrected chi connectivity index (χ1v) is 10.3. The molecular weight excluding hydrogens is 392 g/mol. The monoisotopic (exact) mass is 410 g/mol. The van der Waals surface area contributed by atoms with Crippen molar-refractivity contribution in [3.05, 3.63) is 64.6 Å². The lowest BCUT2D eigenvalue weighted by atomic mass is 10.2. The molecule has 2 aromatic carbocycles. The van der Waals surface area contributed by atoms with Crippen molar-refractivity contribution in [1.29, 1.82) is 0 Å². The maximum atomic E-state index is 13.1. The smallest absolute Gasteiger partial charge is 0.409 e. The molecule has 1 amide bonds. The summed E-state index contributed by atoms with van der Waals surface area (Å²) in [7, 11) is 1.80. The number of aromatic nitrogens is 3. The highest BCUT2D eigenvalue weighted by molar-refractivity contribution is 7.90. The summed E-state index contributed by atoms with van der Waals surface area (Å²) in [5, 5.41) is 17.1. The summed E-state index contributed by atoms with van der Waals surface area (Å²) in [6.07, 6.45) is 2.12. The van der Waals surface area contributed by atoms with Crippen LogP contribution in [-0.4, -0.2) is 36.4 Å². The molecule has 0 bridgehead atoms. The Labute approximate surface area is 168 Å². The van der Waals surface area contributed by atoms with Gasteiger partial charge >= 0.3 is 6.09 Å². The van der Waals surface area contributed by atoms with Crippen LogP contribution in [0.3, 0.4) is 0 Å². The van der Waals surface area contributed by atoms with Gasteiger partial charge in [0.15, 0.2) is 4.90 Å². The summed E-state index contributed by atoms with van der Waals surface area (Å²) >= 11 is -1.12. The molecule has 0 saturated heterocycles. The maximum Gasteiger partial charge on any atom is 0.409 e. The van der Waals surface area contributed by atoms with Gasteiger partial charge in [-0.25, -0.2) is 9.48 Å². The zero-order chi connectivity index (χ0) is 20.7. The Balaban J connectivity index is 1.80. The summed E-state index contributed by atoms with van der Waals surface area (Å²) in [4.78, 5) is 24.6. The SMILES string of the molecule is Cn1c2cc([S+](C)[O-])ccc2c2cnn(Cc3cccc(NC(=O)O)c3)c(=O)c21. The van der Waals surface area contributed by atoms with Gasteiger partial charge in [0.05, 0.1) is 18.3 Å². The van der Waals surface area contributed by atoms with E-state index in [0.717, 1.165) is 21.9 Å². The van der Waals surface area contributed by atoms with Gasteiger partial charge in [0, 0.05) is 29.6 Å². The second-order valence-electron chi connectivity index (χ2n) is 6.69. The highest BCUT2D eigenvalue weighted by Crippen LogP contribution is 2.27. The van der Waals surface area contributed by atoms with Crippen LogP contribution in [0.4, 0.5) is 10.5 Å². The third kappa shape index (κ3) is 3.45. The van der Waals surface area contributed by atoms with Crippen LogP contribution in [0, 0.1) is 0 Å². The van der Waals surface area contributed by atoms with Gasteiger partial charge in [-0.3, -0.25) is 10.1 Å². The minimum atomic E-state index is -1.15. The number of benzene rings is 2. The fraction of sp³-hybridized carbons (Fsp3) is 0.150. The van der Waals surface area contributed by atoms with E-state index in [1.807, 2.05) is 12.1 Å². The van der Waals surface area contributed by atoms with Crippen LogP contribution in [0.5, 0.6) is 0 Å². The van der Waals surface area contributed by atoms with E-state index in [4.69, 9.17) is 5.11 Å². The molecule has 29 heavy (non-hydrogen) atoms. The molecule has 148 valence electrons. The minimum absolute atomic E-state index is 0.204. The molecule has 0 radical (unpaired) electrons. The van der Waals surface area contributed by atoms with Crippen LogP contribution in [0.15, 0.2) is 58.4 Å². The number of hydrogen-bond acceptors (Lipinski definition) is 4. The third-order valence-electron chi connectivity index (χ3n) is 4.82. The molecule has 0 spiro atoms. The Morgan fingerprint density at radius 2 is 2.03 bits per heavy atom. The summed E-state index contributed by atoms with van der Waals surface area (Å²) in [6, 6.07) is 12.3. The van der Waals surface area contributed by atoms with Gasteiger partial charge in [0.2, 0.25) is 0 Å². The average molecular weight is 410 g/mol. The quantitative estimate of drug-likeness (QED) is 0.503. The Morgan fingerprint density at radius 3 is 2.76 bits per heavy atom. The maximum absolute atomic E-state index is 13.1. The van der Waals surface area contributed by atoms with E-state index in [0.29, 0.717) is 16.1 Å². The van der Waals surface area contributed by atoms with Crippen LogP contribution >= 0.6 is 0 Å². The molecule has 0 fully saturated rings.